The molecule has 1 unspecified atom stereocenters. The van der Waals surface area contributed by atoms with Gasteiger partial charge >= 0.3 is 0 Å². The van der Waals surface area contributed by atoms with E-state index < -0.39 is 0 Å². The van der Waals surface area contributed by atoms with Crippen LogP contribution in [0.5, 0.6) is 0 Å². The van der Waals surface area contributed by atoms with Crippen LogP contribution >= 0.6 is 23.2 Å². The third-order valence-electron chi connectivity index (χ3n) is 4.95. The third kappa shape index (κ3) is 2.98. The molecule has 2 aromatic rings. The van der Waals surface area contributed by atoms with Gasteiger partial charge in [-0.15, -0.1) is 5.10 Å². The van der Waals surface area contributed by atoms with Crippen molar-refractivity contribution in [1.29, 1.82) is 0 Å². The summed E-state index contributed by atoms with van der Waals surface area (Å²) < 4.78 is 1.70. The fourth-order valence-corrected chi connectivity index (χ4v) is 4.08. The van der Waals surface area contributed by atoms with Gasteiger partial charge in [0.05, 0.1) is 27.6 Å². The Morgan fingerprint density at radius 1 is 1.26 bits per heavy atom. The maximum Gasteiger partial charge on any atom is 0.0971 e. The van der Waals surface area contributed by atoms with Crippen molar-refractivity contribution >= 4 is 23.2 Å². The van der Waals surface area contributed by atoms with Crippen molar-refractivity contribution in [3.05, 3.63) is 40.1 Å². The summed E-state index contributed by atoms with van der Waals surface area (Å²) in [6.07, 6.45) is 4.50. The molecule has 0 amide bonds. The molecule has 0 saturated carbocycles. The van der Waals surface area contributed by atoms with E-state index in [9.17, 15) is 0 Å². The van der Waals surface area contributed by atoms with Crippen molar-refractivity contribution in [2.45, 2.75) is 19.4 Å². The molecule has 7 heteroatoms. The maximum absolute atomic E-state index is 6.25. The average Bonchev–Trinajstić information content (AvgIpc) is 3.26. The smallest absolute Gasteiger partial charge is 0.0971 e. The van der Waals surface area contributed by atoms with Gasteiger partial charge in [0.2, 0.25) is 0 Å². The lowest BCUT2D eigenvalue weighted by molar-refractivity contribution is 0.266. The van der Waals surface area contributed by atoms with Crippen molar-refractivity contribution < 1.29 is 0 Å². The molecule has 0 radical (unpaired) electrons. The Balaban J connectivity index is 1.47. The van der Waals surface area contributed by atoms with Crippen LogP contribution in [0.15, 0.2) is 24.4 Å². The summed E-state index contributed by atoms with van der Waals surface area (Å²) in [4.78, 5) is 2.47. The first-order valence-corrected chi connectivity index (χ1v) is 8.70. The molecular formula is C16H19Cl2N5. The summed E-state index contributed by atoms with van der Waals surface area (Å²) in [5.74, 6) is 0. The second-order valence-electron chi connectivity index (χ2n) is 6.61. The number of rotatable bonds is 3. The maximum atomic E-state index is 6.25. The van der Waals surface area contributed by atoms with Crippen LogP contribution in [0.4, 0.5) is 0 Å². The molecule has 2 aliphatic heterocycles. The van der Waals surface area contributed by atoms with Gasteiger partial charge in [0.1, 0.15) is 0 Å². The lowest BCUT2D eigenvalue weighted by atomic mass is 9.87. The molecule has 1 aromatic carbocycles. The summed E-state index contributed by atoms with van der Waals surface area (Å²) in [7, 11) is 0. The Labute approximate surface area is 145 Å². The van der Waals surface area contributed by atoms with E-state index in [0.717, 1.165) is 44.1 Å². The zero-order valence-electron chi connectivity index (χ0n) is 12.8. The highest BCUT2D eigenvalue weighted by atomic mass is 35.5. The predicted octanol–water partition coefficient (Wildman–Crippen LogP) is 2.76. The Morgan fingerprint density at radius 3 is 3.00 bits per heavy atom. The van der Waals surface area contributed by atoms with Crippen LogP contribution in [0.25, 0.3) is 5.69 Å². The Kier molecular flexibility index (Phi) is 4.05. The molecular weight excluding hydrogens is 333 g/mol. The quantitative estimate of drug-likeness (QED) is 0.923. The summed E-state index contributed by atoms with van der Waals surface area (Å²) in [5, 5.41) is 13.0. The lowest BCUT2D eigenvalue weighted by Crippen LogP contribution is -2.29. The van der Waals surface area contributed by atoms with Crippen LogP contribution in [0, 0.1) is 5.41 Å². The predicted molar refractivity (Wildman–Crippen MR) is 91.2 cm³/mol. The van der Waals surface area contributed by atoms with E-state index in [4.69, 9.17) is 23.2 Å². The number of hydrogen-bond acceptors (Lipinski definition) is 4. The molecule has 23 heavy (non-hydrogen) atoms. The standard InChI is InChI=1S/C16H19Cl2N5/c17-13-2-1-3-14(15(13)18)23-9-12(20-21-23)8-22-7-5-16(11-22)4-6-19-10-16/h1-3,9,19H,4-8,10-11H2. The van der Waals surface area contributed by atoms with Gasteiger partial charge in [-0.25, -0.2) is 4.68 Å². The van der Waals surface area contributed by atoms with E-state index in [0.29, 0.717) is 15.5 Å². The van der Waals surface area contributed by atoms with Crippen molar-refractivity contribution in [3.8, 4) is 5.69 Å². The minimum Gasteiger partial charge on any atom is -0.316 e. The minimum absolute atomic E-state index is 0.478. The van der Waals surface area contributed by atoms with E-state index in [1.165, 1.54) is 12.8 Å². The second kappa shape index (κ2) is 6.06. The molecule has 2 aliphatic rings. The van der Waals surface area contributed by atoms with Crippen LogP contribution in [0.3, 0.4) is 0 Å². The van der Waals surface area contributed by atoms with Gasteiger partial charge in [-0.2, -0.15) is 0 Å². The summed E-state index contributed by atoms with van der Waals surface area (Å²) in [6.45, 7) is 5.41. The number of nitrogens with zero attached hydrogens (tertiary/aromatic N) is 4. The summed E-state index contributed by atoms with van der Waals surface area (Å²) in [5.41, 5.74) is 2.20. The van der Waals surface area contributed by atoms with Crippen molar-refractivity contribution in [2.75, 3.05) is 26.2 Å². The number of benzene rings is 1. The van der Waals surface area contributed by atoms with Gasteiger partial charge in [0.15, 0.2) is 0 Å². The van der Waals surface area contributed by atoms with E-state index in [1.807, 2.05) is 18.3 Å². The van der Waals surface area contributed by atoms with Crippen molar-refractivity contribution in [2.24, 2.45) is 5.41 Å². The largest absolute Gasteiger partial charge is 0.316 e. The fraction of sp³-hybridized carbons (Fsp3) is 0.500. The van der Waals surface area contributed by atoms with Crippen LogP contribution in [-0.2, 0) is 6.54 Å². The highest BCUT2D eigenvalue weighted by Crippen LogP contribution is 2.36. The highest BCUT2D eigenvalue weighted by molar-refractivity contribution is 6.43. The number of aromatic nitrogens is 3. The van der Waals surface area contributed by atoms with Crippen molar-refractivity contribution in [1.82, 2.24) is 25.2 Å². The number of hydrogen-bond donors (Lipinski definition) is 1. The molecule has 1 atom stereocenters. The molecule has 4 rings (SSSR count). The first-order valence-electron chi connectivity index (χ1n) is 7.94. The van der Waals surface area contributed by atoms with E-state index in [2.05, 4.69) is 20.5 Å². The van der Waals surface area contributed by atoms with Gasteiger partial charge < -0.3 is 5.32 Å². The van der Waals surface area contributed by atoms with E-state index >= 15 is 0 Å². The van der Waals surface area contributed by atoms with Crippen LogP contribution < -0.4 is 5.32 Å². The highest BCUT2D eigenvalue weighted by Gasteiger charge is 2.40. The number of likely N-dealkylation sites (tertiary alicyclic amines) is 1. The zero-order valence-corrected chi connectivity index (χ0v) is 14.3. The van der Waals surface area contributed by atoms with Crippen LogP contribution in [-0.4, -0.2) is 46.1 Å². The fourth-order valence-electron chi connectivity index (χ4n) is 3.69. The molecule has 2 saturated heterocycles. The first kappa shape index (κ1) is 15.4. The van der Waals surface area contributed by atoms with Crippen LogP contribution in [0.1, 0.15) is 18.5 Å². The topological polar surface area (TPSA) is 46.0 Å². The molecule has 2 fully saturated rings. The lowest BCUT2D eigenvalue weighted by Gasteiger charge is -2.22. The van der Waals surface area contributed by atoms with Gasteiger partial charge in [-0.05, 0) is 43.5 Å². The van der Waals surface area contributed by atoms with Gasteiger partial charge in [-0.3, -0.25) is 4.90 Å². The van der Waals surface area contributed by atoms with E-state index in [-0.39, 0.29) is 0 Å². The molecule has 1 aromatic heterocycles. The van der Waals surface area contributed by atoms with E-state index in [1.54, 1.807) is 10.7 Å². The average molecular weight is 352 g/mol. The molecule has 5 nitrogen and oxygen atoms in total. The molecule has 0 bridgehead atoms. The number of halogens is 2. The first-order chi connectivity index (χ1) is 11.2. The molecule has 1 N–H and O–H groups in total. The summed E-state index contributed by atoms with van der Waals surface area (Å²) in [6, 6.07) is 5.52. The van der Waals surface area contributed by atoms with Gasteiger partial charge in [-0.1, -0.05) is 34.5 Å². The Morgan fingerprint density at radius 2 is 2.17 bits per heavy atom. The third-order valence-corrected chi connectivity index (χ3v) is 5.76. The second-order valence-corrected chi connectivity index (χ2v) is 7.40. The Hall–Kier alpha value is -1.14. The van der Waals surface area contributed by atoms with Crippen molar-refractivity contribution in [3.63, 3.8) is 0 Å². The summed E-state index contributed by atoms with van der Waals surface area (Å²) >= 11 is 12.3. The molecule has 0 aliphatic carbocycles. The molecule has 3 heterocycles. The Bertz CT molecular complexity index is 708. The SMILES string of the molecule is Clc1cccc(-n2cc(CN3CCC4(CCNC4)C3)nn2)c1Cl. The zero-order chi connectivity index (χ0) is 15.9. The minimum atomic E-state index is 0.478. The monoisotopic (exact) mass is 351 g/mol. The van der Waals surface area contributed by atoms with Gasteiger partial charge in [0.25, 0.3) is 0 Å². The van der Waals surface area contributed by atoms with Gasteiger partial charge in [0, 0.05) is 19.6 Å². The normalized spacial score (nSPS) is 24.8. The van der Waals surface area contributed by atoms with Crippen LogP contribution in [0.2, 0.25) is 10.0 Å². The molecule has 1 spiro atoms. The number of nitrogens with one attached hydrogen (secondary N) is 1. The molecule has 122 valence electrons.